The number of hydrogen-bond donors (Lipinski definition) is 0. The van der Waals surface area contributed by atoms with Gasteiger partial charge in [0, 0.05) is 19.7 Å². The summed E-state index contributed by atoms with van der Waals surface area (Å²) < 4.78 is 41.4. The third kappa shape index (κ3) is 3.66. The van der Waals surface area contributed by atoms with E-state index in [1.165, 1.54) is 12.1 Å². The van der Waals surface area contributed by atoms with Gasteiger partial charge in [0.25, 0.3) is 10.0 Å². The Hall–Kier alpha value is -2.21. The van der Waals surface area contributed by atoms with E-state index in [1.807, 2.05) is 6.07 Å². The van der Waals surface area contributed by atoms with Crippen LogP contribution in [0.3, 0.4) is 0 Å². The molecule has 0 fully saturated rings. The van der Waals surface area contributed by atoms with Crippen molar-refractivity contribution >= 4 is 15.9 Å². The minimum atomic E-state index is -3.89. The van der Waals surface area contributed by atoms with Crippen molar-refractivity contribution < 1.29 is 12.8 Å². The van der Waals surface area contributed by atoms with Gasteiger partial charge in [0.15, 0.2) is 0 Å². The van der Waals surface area contributed by atoms with Gasteiger partial charge in [0.2, 0.25) is 0 Å². The molecular formula is C15H15FN2O2S. The van der Waals surface area contributed by atoms with Gasteiger partial charge in [-0.3, -0.25) is 0 Å². The lowest BCUT2D eigenvalue weighted by Gasteiger charge is -2.15. The number of rotatable bonds is 3. The van der Waals surface area contributed by atoms with Crippen LogP contribution in [-0.2, 0) is 10.0 Å². The topological polar surface area (TPSA) is 49.7 Å². The predicted octanol–water partition coefficient (Wildman–Crippen LogP) is 2.52. The molecule has 21 heavy (non-hydrogen) atoms. The Balaban J connectivity index is 2.49. The summed E-state index contributed by atoms with van der Waals surface area (Å²) in [6.45, 7) is 0. The zero-order valence-corrected chi connectivity index (χ0v) is 12.5. The van der Waals surface area contributed by atoms with Crippen LogP contribution < -0.4 is 0 Å². The molecule has 0 saturated heterocycles. The van der Waals surface area contributed by atoms with E-state index >= 15 is 0 Å². The van der Waals surface area contributed by atoms with Crippen LogP contribution in [0.25, 0.3) is 0 Å². The Morgan fingerprint density at radius 1 is 1.00 bits per heavy atom. The molecule has 2 aromatic carbocycles. The van der Waals surface area contributed by atoms with Gasteiger partial charge in [-0.25, -0.2) is 4.39 Å². The van der Waals surface area contributed by atoms with Gasteiger partial charge in [-0.2, -0.15) is 8.42 Å². The Kier molecular flexibility index (Phi) is 4.37. The Labute approximate surface area is 123 Å². The largest absolute Gasteiger partial charge is 0.362 e. The normalized spacial score (nSPS) is 12.2. The SMILES string of the molecule is CN(C)/C(=N\S(=O)(=O)c1ccc(F)cc1)c1ccccc1. The molecule has 0 atom stereocenters. The molecule has 0 amide bonds. The summed E-state index contributed by atoms with van der Waals surface area (Å²) in [5.74, 6) is -0.172. The summed E-state index contributed by atoms with van der Waals surface area (Å²) in [5.41, 5.74) is 0.688. The van der Waals surface area contributed by atoms with E-state index in [2.05, 4.69) is 4.40 Å². The van der Waals surface area contributed by atoms with Crippen molar-refractivity contribution in [2.45, 2.75) is 4.90 Å². The van der Waals surface area contributed by atoms with Crippen molar-refractivity contribution in [3.8, 4) is 0 Å². The fourth-order valence-electron chi connectivity index (χ4n) is 1.75. The molecule has 110 valence electrons. The number of amidine groups is 1. The highest BCUT2D eigenvalue weighted by molar-refractivity contribution is 7.90. The van der Waals surface area contributed by atoms with Gasteiger partial charge in [0.05, 0.1) is 4.90 Å². The average Bonchev–Trinajstić information content (AvgIpc) is 2.46. The van der Waals surface area contributed by atoms with Crippen molar-refractivity contribution in [1.29, 1.82) is 0 Å². The minimum absolute atomic E-state index is 0.0424. The maximum Gasteiger partial charge on any atom is 0.284 e. The number of halogens is 1. The second kappa shape index (κ2) is 6.05. The van der Waals surface area contributed by atoms with Crippen LogP contribution in [0.15, 0.2) is 63.9 Å². The third-order valence-corrected chi connectivity index (χ3v) is 4.05. The standard InChI is InChI=1S/C15H15FN2O2S/c1-18(2)15(12-6-4-3-5-7-12)17-21(19,20)14-10-8-13(16)9-11-14/h3-11H,1-2H3/b17-15-. The molecule has 0 heterocycles. The van der Waals surface area contributed by atoms with Gasteiger partial charge >= 0.3 is 0 Å². The fraction of sp³-hybridized carbons (Fsp3) is 0.133. The second-order valence-corrected chi connectivity index (χ2v) is 6.21. The van der Waals surface area contributed by atoms with Crippen LogP contribution in [0, 0.1) is 5.82 Å². The Morgan fingerprint density at radius 3 is 2.10 bits per heavy atom. The number of benzene rings is 2. The van der Waals surface area contributed by atoms with Gasteiger partial charge in [-0.1, -0.05) is 30.3 Å². The van der Waals surface area contributed by atoms with E-state index in [1.54, 1.807) is 43.3 Å². The summed E-state index contributed by atoms with van der Waals surface area (Å²) in [6.07, 6.45) is 0. The molecule has 0 saturated carbocycles. The Bertz CT molecular complexity index is 739. The second-order valence-electron chi connectivity index (χ2n) is 4.60. The van der Waals surface area contributed by atoms with Crippen molar-refractivity contribution in [1.82, 2.24) is 4.90 Å². The highest BCUT2D eigenvalue weighted by atomic mass is 32.2. The zero-order valence-electron chi connectivity index (χ0n) is 11.7. The van der Waals surface area contributed by atoms with Crippen molar-refractivity contribution in [2.75, 3.05) is 14.1 Å². The highest BCUT2D eigenvalue weighted by Gasteiger charge is 2.16. The van der Waals surface area contributed by atoms with Crippen LogP contribution in [0.4, 0.5) is 4.39 Å². The van der Waals surface area contributed by atoms with Gasteiger partial charge in [-0.15, -0.1) is 4.40 Å². The summed E-state index contributed by atoms with van der Waals surface area (Å²) in [5, 5.41) is 0. The van der Waals surface area contributed by atoms with Gasteiger partial charge in [0.1, 0.15) is 11.7 Å². The van der Waals surface area contributed by atoms with Gasteiger partial charge in [-0.05, 0) is 24.3 Å². The molecule has 0 spiro atoms. The number of hydrogen-bond acceptors (Lipinski definition) is 2. The molecule has 6 heteroatoms. The van der Waals surface area contributed by atoms with E-state index in [-0.39, 0.29) is 4.90 Å². The number of sulfonamides is 1. The molecule has 0 aromatic heterocycles. The molecule has 0 radical (unpaired) electrons. The minimum Gasteiger partial charge on any atom is -0.362 e. The van der Waals surface area contributed by atoms with E-state index in [9.17, 15) is 12.8 Å². The van der Waals surface area contributed by atoms with Crippen LogP contribution >= 0.6 is 0 Å². The van der Waals surface area contributed by atoms with Crippen molar-refractivity contribution in [3.63, 3.8) is 0 Å². The molecular weight excluding hydrogens is 291 g/mol. The molecule has 0 aliphatic rings. The molecule has 0 aliphatic heterocycles. The highest BCUT2D eigenvalue weighted by Crippen LogP contribution is 2.15. The smallest absolute Gasteiger partial charge is 0.284 e. The first-order valence-electron chi connectivity index (χ1n) is 6.23. The van der Waals surface area contributed by atoms with Crippen LogP contribution in [0.2, 0.25) is 0 Å². The van der Waals surface area contributed by atoms with E-state index in [0.29, 0.717) is 11.4 Å². The first-order valence-corrected chi connectivity index (χ1v) is 7.67. The van der Waals surface area contributed by atoms with Gasteiger partial charge < -0.3 is 4.90 Å². The lowest BCUT2D eigenvalue weighted by Crippen LogP contribution is -2.24. The monoisotopic (exact) mass is 306 g/mol. The summed E-state index contributed by atoms with van der Waals surface area (Å²) in [6, 6.07) is 13.6. The summed E-state index contributed by atoms with van der Waals surface area (Å²) in [4.78, 5) is 1.58. The quantitative estimate of drug-likeness (QED) is 0.647. The molecule has 0 aliphatic carbocycles. The third-order valence-electron chi connectivity index (χ3n) is 2.77. The molecule has 2 rings (SSSR count). The lowest BCUT2D eigenvalue weighted by atomic mass is 10.2. The molecule has 2 aromatic rings. The Morgan fingerprint density at radius 2 is 1.57 bits per heavy atom. The van der Waals surface area contributed by atoms with Crippen molar-refractivity contribution in [2.24, 2.45) is 4.40 Å². The predicted molar refractivity (Wildman–Crippen MR) is 80.3 cm³/mol. The first kappa shape index (κ1) is 15.2. The number of nitrogens with zero attached hydrogens (tertiary/aromatic N) is 2. The fourth-order valence-corrected chi connectivity index (χ4v) is 2.83. The van der Waals surface area contributed by atoms with E-state index in [4.69, 9.17) is 0 Å². The molecule has 4 nitrogen and oxygen atoms in total. The van der Waals surface area contributed by atoms with Crippen molar-refractivity contribution in [3.05, 3.63) is 66.0 Å². The average molecular weight is 306 g/mol. The van der Waals surface area contributed by atoms with Crippen LogP contribution in [-0.4, -0.2) is 33.2 Å². The summed E-state index contributed by atoms with van der Waals surface area (Å²) >= 11 is 0. The van der Waals surface area contributed by atoms with E-state index in [0.717, 1.165) is 12.1 Å². The first-order chi connectivity index (χ1) is 9.90. The van der Waals surface area contributed by atoms with Crippen LogP contribution in [0.1, 0.15) is 5.56 Å². The summed E-state index contributed by atoms with van der Waals surface area (Å²) in [7, 11) is -0.461. The molecule has 0 N–H and O–H groups in total. The lowest BCUT2D eigenvalue weighted by molar-refractivity contribution is 0.591. The molecule has 0 unspecified atom stereocenters. The molecule has 0 bridgehead atoms. The maximum absolute atomic E-state index is 12.9. The maximum atomic E-state index is 12.9. The van der Waals surface area contributed by atoms with E-state index < -0.39 is 15.8 Å². The van der Waals surface area contributed by atoms with Crippen LogP contribution in [0.5, 0.6) is 0 Å². The zero-order chi connectivity index (χ0) is 15.5.